The number of hydrogen-bond donors (Lipinski definition) is 0. The molecule has 120 valence electrons. The molecule has 24 heavy (non-hydrogen) atoms. The maximum Gasteiger partial charge on any atom is 0.182 e. The molecule has 3 rings (SSSR count). The first-order valence-electron chi connectivity index (χ1n) is 7.46. The van der Waals surface area contributed by atoms with Gasteiger partial charge in [0.15, 0.2) is 9.84 Å². The molecule has 0 saturated heterocycles. The molecule has 3 nitrogen and oxygen atoms in total. The lowest BCUT2D eigenvalue weighted by Crippen LogP contribution is -2.05. The van der Waals surface area contributed by atoms with E-state index in [2.05, 4.69) is 11.8 Å². The van der Waals surface area contributed by atoms with Crippen LogP contribution in [0.2, 0.25) is 0 Å². The molecule has 3 aromatic rings. The Balaban J connectivity index is 1.98. The summed E-state index contributed by atoms with van der Waals surface area (Å²) in [6.45, 7) is 1.76. The molecule has 0 aliphatic rings. The third-order valence-corrected chi connectivity index (χ3v) is 5.34. The highest BCUT2D eigenvalue weighted by Crippen LogP contribution is 2.26. The maximum atomic E-state index is 12.5. The van der Waals surface area contributed by atoms with Gasteiger partial charge in [-0.1, -0.05) is 36.3 Å². The lowest BCUT2D eigenvalue weighted by molar-refractivity contribution is 0.568. The van der Waals surface area contributed by atoms with Crippen molar-refractivity contribution in [3.8, 4) is 23.0 Å². The van der Waals surface area contributed by atoms with Crippen molar-refractivity contribution in [2.24, 2.45) is 0 Å². The molecule has 0 unspecified atom stereocenters. The van der Waals surface area contributed by atoms with Gasteiger partial charge in [0.25, 0.3) is 0 Å². The van der Waals surface area contributed by atoms with Gasteiger partial charge in [-0.2, -0.15) is 0 Å². The monoisotopic (exact) mass is 336 g/mol. The first-order valence-corrected chi connectivity index (χ1v) is 9.11. The van der Waals surface area contributed by atoms with Gasteiger partial charge < -0.3 is 4.42 Å². The SMILES string of the molecule is CC#Cc1cc(CS(=O)(=O)c2ccccc2)ccc1-c1ccoc1. The van der Waals surface area contributed by atoms with Crippen LogP contribution in [0.15, 0.2) is 76.4 Å². The van der Waals surface area contributed by atoms with Crippen molar-refractivity contribution in [2.75, 3.05) is 0 Å². The summed E-state index contributed by atoms with van der Waals surface area (Å²) in [5.41, 5.74) is 3.35. The molecule has 0 saturated carbocycles. The van der Waals surface area contributed by atoms with Crippen LogP contribution in [0.4, 0.5) is 0 Å². The highest BCUT2D eigenvalue weighted by atomic mass is 32.2. The predicted molar refractivity (Wildman–Crippen MR) is 94.0 cm³/mol. The number of furan rings is 1. The first-order chi connectivity index (χ1) is 11.6. The molecular weight excluding hydrogens is 320 g/mol. The minimum Gasteiger partial charge on any atom is -0.472 e. The second-order valence-electron chi connectivity index (χ2n) is 5.34. The topological polar surface area (TPSA) is 47.3 Å². The molecule has 0 radical (unpaired) electrons. The lowest BCUT2D eigenvalue weighted by atomic mass is 10.0. The summed E-state index contributed by atoms with van der Waals surface area (Å²) in [7, 11) is -3.38. The Bertz CT molecular complexity index is 990. The van der Waals surface area contributed by atoms with Crippen LogP contribution < -0.4 is 0 Å². The number of benzene rings is 2. The summed E-state index contributed by atoms with van der Waals surface area (Å²) in [6, 6.07) is 15.9. The van der Waals surface area contributed by atoms with Crippen molar-refractivity contribution in [3.05, 3.63) is 78.3 Å². The van der Waals surface area contributed by atoms with Crippen molar-refractivity contribution < 1.29 is 12.8 Å². The van der Waals surface area contributed by atoms with Gasteiger partial charge in [-0.25, -0.2) is 8.42 Å². The van der Waals surface area contributed by atoms with Crippen molar-refractivity contribution in [2.45, 2.75) is 17.6 Å². The van der Waals surface area contributed by atoms with Crippen LogP contribution >= 0.6 is 0 Å². The third-order valence-electron chi connectivity index (χ3n) is 3.63. The fourth-order valence-corrected chi connectivity index (χ4v) is 3.88. The second-order valence-corrected chi connectivity index (χ2v) is 7.33. The van der Waals surface area contributed by atoms with E-state index < -0.39 is 9.84 Å². The number of hydrogen-bond acceptors (Lipinski definition) is 3. The van der Waals surface area contributed by atoms with E-state index in [4.69, 9.17) is 4.42 Å². The summed E-state index contributed by atoms with van der Waals surface area (Å²) in [5.74, 6) is 5.87. The van der Waals surface area contributed by atoms with Gasteiger partial charge in [-0.15, -0.1) is 5.92 Å². The van der Waals surface area contributed by atoms with Gasteiger partial charge in [0.05, 0.1) is 23.2 Å². The minimum absolute atomic E-state index is 0.0545. The number of sulfone groups is 1. The van der Waals surface area contributed by atoms with Crippen molar-refractivity contribution in [1.82, 2.24) is 0 Å². The third kappa shape index (κ3) is 3.42. The lowest BCUT2D eigenvalue weighted by Gasteiger charge is -2.08. The van der Waals surface area contributed by atoms with E-state index in [1.807, 2.05) is 24.3 Å². The standard InChI is InChI=1S/C20H16O3S/c1-2-6-17-13-16(9-10-20(17)18-11-12-23-14-18)15-24(21,22)19-7-4-3-5-8-19/h3-5,7-14H,15H2,1H3. The molecule has 0 N–H and O–H groups in total. The highest BCUT2D eigenvalue weighted by molar-refractivity contribution is 7.90. The molecule has 2 aromatic carbocycles. The summed E-state index contributed by atoms with van der Waals surface area (Å²) in [6.07, 6.45) is 3.25. The highest BCUT2D eigenvalue weighted by Gasteiger charge is 2.16. The Morgan fingerprint density at radius 2 is 1.83 bits per heavy atom. The van der Waals surface area contributed by atoms with Crippen LogP contribution in [-0.2, 0) is 15.6 Å². The Hall–Kier alpha value is -2.77. The average Bonchev–Trinajstić information content (AvgIpc) is 3.10. The predicted octanol–water partition coefficient (Wildman–Crippen LogP) is 4.29. The van der Waals surface area contributed by atoms with Gasteiger partial charge in [0.1, 0.15) is 0 Å². The normalized spacial score (nSPS) is 10.9. The zero-order valence-corrected chi connectivity index (χ0v) is 14.0. The maximum absolute atomic E-state index is 12.5. The largest absolute Gasteiger partial charge is 0.472 e. The van der Waals surface area contributed by atoms with E-state index in [-0.39, 0.29) is 5.75 Å². The zero-order valence-electron chi connectivity index (χ0n) is 13.2. The van der Waals surface area contributed by atoms with Gasteiger partial charge in [0.2, 0.25) is 0 Å². The number of rotatable bonds is 4. The van der Waals surface area contributed by atoms with Crippen LogP contribution in [0.3, 0.4) is 0 Å². The summed E-state index contributed by atoms with van der Waals surface area (Å²) in [4.78, 5) is 0.326. The average molecular weight is 336 g/mol. The molecule has 0 amide bonds. The van der Waals surface area contributed by atoms with E-state index in [0.717, 1.165) is 16.7 Å². The van der Waals surface area contributed by atoms with Gasteiger partial charge in [-0.05, 0) is 36.8 Å². The van der Waals surface area contributed by atoms with E-state index in [1.54, 1.807) is 49.8 Å². The summed E-state index contributed by atoms with van der Waals surface area (Å²) in [5, 5.41) is 0. The van der Waals surface area contributed by atoms with Crippen LogP contribution in [0, 0.1) is 11.8 Å². The fraction of sp³-hybridized carbons (Fsp3) is 0.100. The minimum atomic E-state index is -3.38. The van der Waals surface area contributed by atoms with Gasteiger partial charge >= 0.3 is 0 Å². The van der Waals surface area contributed by atoms with Gasteiger partial charge in [0, 0.05) is 16.7 Å². The van der Waals surface area contributed by atoms with Gasteiger partial charge in [-0.3, -0.25) is 0 Å². The van der Waals surface area contributed by atoms with Crippen molar-refractivity contribution >= 4 is 9.84 Å². The molecule has 1 aromatic heterocycles. The van der Waals surface area contributed by atoms with Crippen LogP contribution in [-0.4, -0.2) is 8.42 Å². The van der Waals surface area contributed by atoms with Crippen LogP contribution in [0.5, 0.6) is 0 Å². The van der Waals surface area contributed by atoms with E-state index in [1.165, 1.54) is 0 Å². The van der Waals surface area contributed by atoms with E-state index >= 15 is 0 Å². The fourth-order valence-electron chi connectivity index (χ4n) is 2.52. The Kier molecular flexibility index (Phi) is 4.54. The zero-order chi connectivity index (χ0) is 17.0. The molecule has 0 atom stereocenters. The Labute approximate surface area is 141 Å². The molecule has 0 spiro atoms. The smallest absolute Gasteiger partial charge is 0.182 e. The quantitative estimate of drug-likeness (QED) is 0.668. The molecule has 0 aliphatic carbocycles. The first kappa shape index (κ1) is 16.1. The second kappa shape index (κ2) is 6.77. The molecule has 0 fully saturated rings. The van der Waals surface area contributed by atoms with E-state index in [0.29, 0.717) is 10.5 Å². The molecule has 4 heteroatoms. The molecule has 1 heterocycles. The Morgan fingerprint density at radius 3 is 2.50 bits per heavy atom. The van der Waals surface area contributed by atoms with E-state index in [9.17, 15) is 8.42 Å². The summed E-state index contributed by atoms with van der Waals surface area (Å²) >= 11 is 0. The van der Waals surface area contributed by atoms with Crippen LogP contribution in [0.25, 0.3) is 11.1 Å². The van der Waals surface area contributed by atoms with Crippen LogP contribution in [0.1, 0.15) is 18.1 Å². The van der Waals surface area contributed by atoms with Crippen molar-refractivity contribution in [1.29, 1.82) is 0 Å². The molecule has 0 bridgehead atoms. The Morgan fingerprint density at radius 1 is 1.04 bits per heavy atom. The summed E-state index contributed by atoms with van der Waals surface area (Å²) < 4.78 is 30.2. The molecule has 0 aliphatic heterocycles. The van der Waals surface area contributed by atoms with Crippen molar-refractivity contribution in [3.63, 3.8) is 0 Å². The molecular formula is C20H16O3S.